The standard InChI is InChI=1S/C14H21NO2/c1-3-11(2)9-15-10-13-6-4-12(5-7-13)8-14(16)17/h4-7,11,15H,3,8-10H2,1-2H3,(H,16,17). The molecular weight excluding hydrogens is 214 g/mol. The summed E-state index contributed by atoms with van der Waals surface area (Å²) in [6.07, 6.45) is 1.28. The highest BCUT2D eigenvalue weighted by Crippen LogP contribution is 2.06. The minimum absolute atomic E-state index is 0.0978. The quantitative estimate of drug-likeness (QED) is 0.763. The van der Waals surface area contributed by atoms with Crippen molar-refractivity contribution >= 4 is 5.97 Å². The van der Waals surface area contributed by atoms with Crippen LogP contribution < -0.4 is 5.32 Å². The number of carboxylic acid groups (broad SMARTS) is 1. The van der Waals surface area contributed by atoms with Gasteiger partial charge < -0.3 is 10.4 Å². The summed E-state index contributed by atoms with van der Waals surface area (Å²) in [7, 11) is 0. The Labute approximate surface area is 103 Å². The van der Waals surface area contributed by atoms with Crippen LogP contribution in [0.2, 0.25) is 0 Å². The molecule has 0 aliphatic rings. The lowest BCUT2D eigenvalue weighted by atomic mass is 10.1. The first-order chi connectivity index (χ1) is 8.11. The zero-order valence-corrected chi connectivity index (χ0v) is 10.6. The maximum Gasteiger partial charge on any atom is 0.307 e. The van der Waals surface area contributed by atoms with Crippen LogP contribution in [0.5, 0.6) is 0 Å². The molecule has 17 heavy (non-hydrogen) atoms. The monoisotopic (exact) mass is 235 g/mol. The maximum atomic E-state index is 10.5. The van der Waals surface area contributed by atoms with Crippen LogP contribution in [-0.2, 0) is 17.8 Å². The predicted octanol–water partition coefficient (Wildman–Crippen LogP) is 2.45. The first-order valence-corrected chi connectivity index (χ1v) is 6.12. The van der Waals surface area contributed by atoms with Crippen molar-refractivity contribution in [3.8, 4) is 0 Å². The van der Waals surface area contributed by atoms with Gasteiger partial charge in [0.05, 0.1) is 6.42 Å². The normalized spacial score (nSPS) is 12.4. The minimum atomic E-state index is -0.785. The largest absolute Gasteiger partial charge is 0.481 e. The highest BCUT2D eigenvalue weighted by Gasteiger charge is 2.01. The van der Waals surface area contributed by atoms with Crippen LogP contribution in [0, 0.1) is 5.92 Å². The van der Waals surface area contributed by atoms with Gasteiger partial charge in [0, 0.05) is 6.54 Å². The van der Waals surface area contributed by atoms with E-state index in [1.807, 2.05) is 24.3 Å². The fraction of sp³-hybridized carbons (Fsp3) is 0.500. The van der Waals surface area contributed by atoms with E-state index in [0.717, 1.165) is 18.7 Å². The third-order valence-electron chi connectivity index (χ3n) is 2.90. The molecule has 0 radical (unpaired) electrons. The van der Waals surface area contributed by atoms with Crippen molar-refractivity contribution in [3.05, 3.63) is 35.4 Å². The van der Waals surface area contributed by atoms with Crippen molar-refractivity contribution in [2.45, 2.75) is 33.2 Å². The average Bonchev–Trinajstić information content (AvgIpc) is 2.30. The predicted molar refractivity (Wildman–Crippen MR) is 68.9 cm³/mol. The molecule has 3 nitrogen and oxygen atoms in total. The summed E-state index contributed by atoms with van der Waals surface area (Å²) in [6.45, 7) is 6.28. The summed E-state index contributed by atoms with van der Waals surface area (Å²) in [5, 5.41) is 12.0. The van der Waals surface area contributed by atoms with E-state index in [-0.39, 0.29) is 6.42 Å². The van der Waals surface area contributed by atoms with Gasteiger partial charge in [0.25, 0.3) is 0 Å². The molecule has 0 spiro atoms. The van der Waals surface area contributed by atoms with E-state index in [4.69, 9.17) is 5.11 Å². The highest BCUT2D eigenvalue weighted by atomic mass is 16.4. The first-order valence-electron chi connectivity index (χ1n) is 6.12. The van der Waals surface area contributed by atoms with Crippen molar-refractivity contribution in [2.24, 2.45) is 5.92 Å². The third kappa shape index (κ3) is 5.50. The van der Waals surface area contributed by atoms with Gasteiger partial charge in [-0.2, -0.15) is 0 Å². The number of nitrogens with one attached hydrogen (secondary N) is 1. The molecule has 0 bridgehead atoms. The zero-order chi connectivity index (χ0) is 12.7. The molecule has 0 fully saturated rings. The second-order valence-corrected chi connectivity index (χ2v) is 4.53. The Hall–Kier alpha value is -1.35. The van der Waals surface area contributed by atoms with Crippen molar-refractivity contribution in [1.29, 1.82) is 0 Å². The second kappa shape index (κ2) is 7.07. The van der Waals surface area contributed by atoms with Gasteiger partial charge in [-0.05, 0) is 23.6 Å². The van der Waals surface area contributed by atoms with Gasteiger partial charge in [-0.15, -0.1) is 0 Å². The lowest BCUT2D eigenvalue weighted by Gasteiger charge is -2.10. The van der Waals surface area contributed by atoms with Crippen molar-refractivity contribution < 1.29 is 9.90 Å². The van der Waals surface area contributed by atoms with Crippen LogP contribution >= 0.6 is 0 Å². The summed E-state index contributed by atoms with van der Waals surface area (Å²) in [6, 6.07) is 7.74. The molecule has 0 aliphatic heterocycles. The van der Waals surface area contributed by atoms with Crippen molar-refractivity contribution in [1.82, 2.24) is 5.32 Å². The number of aliphatic carboxylic acids is 1. The summed E-state index contributed by atoms with van der Waals surface area (Å²) in [5.74, 6) is -0.0890. The second-order valence-electron chi connectivity index (χ2n) is 4.53. The Morgan fingerprint density at radius 2 is 1.88 bits per heavy atom. The van der Waals surface area contributed by atoms with E-state index in [1.54, 1.807) is 0 Å². The highest BCUT2D eigenvalue weighted by molar-refractivity contribution is 5.70. The molecule has 1 atom stereocenters. The fourth-order valence-electron chi connectivity index (χ4n) is 1.56. The fourth-order valence-corrected chi connectivity index (χ4v) is 1.56. The molecule has 0 heterocycles. The topological polar surface area (TPSA) is 49.3 Å². The molecule has 94 valence electrons. The smallest absolute Gasteiger partial charge is 0.307 e. The number of rotatable bonds is 7. The summed E-state index contributed by atoms with van der Waals surface area (Å²) in [5.41, 5.74) is 2.05. The molecule has 1 unspecified atom stereocenters. The number of hydrogen-bond donors (Lipinski definition) is 2. The van der Waals surface area contributed by atoms with Crippen molar-refractivity contribution in [3.63, 3.8) is 0 Å². The van der Waals surface area contributed by atoms with Gasteiger partial charge in [0.15, 0.2) is 0 Å². The lowest BCUT2D eigenvalue weighted by Crippen LogP contribution is -2.20. The number of hydrogen-bond acceptors (Lipinski definition) is 2. The van der Waals surface area contributed by atoms with Gasteiger partial charge in [0.2, 0.25) is 0 Å². The van der Waals surface area contributed by atoms with Gasteiger partial charge >= 0.3 is 5.97 Å². The molecule has 0 aliphatic carbocycles. The molecule has 2 N–H and O–H groups in total. The van der Waals surface area contributed by atoms with Crippen molar-refractivity contribution in [2.75, 3.05) is 6.54 Å². The van der Waals surface area contributed by atoms with Gasteiger partial charge in [-0.25, -0.2) is 0 Å². The average molecular weight is 235 g/mol. The van der Waals surface area contributed by atoms with Crippen LogP contribution in [0.15, 0.2) is 24.3 Å². The number of benzene rings is 1. The zero-order valence-electron chi connectivity index (χ0n) is 10.6. The molecule has 1 aromatic rings. The Morgan fingerprint density at radius 3 is 2.41 bits per heavy atom. The van der Waals surface area contributed by atoms with E-state index in [2.05, 4.69) is 19.2 Å². The molecule has 0 saturated heterocycles. The molecule has 0 amide bonds. The van der Waals surface area contributed by atoms with Crippen LogP contribution in [-0.4, -0.2) is 17.6 Å². The summed E-state index contributed by atoms with van der Waals surface area (Å²) in [4.78, 5) is 10.5. The van der Waals surface area contributed by atoms with Gasteiger partial charge in [0.1, 0.15) is 0 Å². The van der Waals surface area contributed by atoms with E-state index in [9.17, 15) is 4.79 Å². The van der Waals surface area contributed by atoms with Crippen LogP contribution in [0.3, 0.4) is 0 Å². The Bertz CT molecular complexity index is 346. The summed E-state index contributed by atoms with van der Waals surface area (Å²) < 4.78 is 0. The van der Waals surface area contributed by atoms with E-state index in [0.29, 0.717) is 5.92 Å². The SMILES string of the molecule is CCC(C)CNCc1ccc(CC(=O)O)cc1. The van der Waals surface area contributed by atoms with Crippen LogP contribution in [0.25, 0.3) is 0 Å². The lowest BCUT2D eigenvalue weighted by molar-refractivity contribution is -0.136. The Kier molecular flexibility index (Phi) is 5.70. The van der Waals surface area contributed by atoms with E-state index in [1.165, 1.54) is 12.0 Å². The van der Waals surface area contributed by atoms with E-state index < -0.39 is 5.97 Å². The maximum absolute atomic E-state index is 10.5. The molecule has 0 aromatic heterocycles. The number of carboxylic acids is 1. The third-order valence-corrected chi connectivity index (χ3v) is 2.90. The van der Waals surface area contributed by atoms with E-state index >= 15 is 0 Å². The molecule has 0 saturated carbocycles. The number of carbonyl (C=O) groups is 1. The van der Waals surface area contributed by atoms with Crippen LogP contribution in [0.4, 0.5) is 0 Å². The van der Waals surface area contributed by atoms with Crippen LogP contribution in [0.1, 0.15) is 31.4 Å². The molecule has 1 aromatic carbocycles. The molecule has 3 heteroatoms. The van der Waals surface area contributed by atoms with Gasteiger partial charge in [-0.3, -0.25) is 4.79 Å². The molecular formula is C14H21NO2. The summed E-state index contributed by atoms with van der Waals surface area (Å²) >= 11 is 0. The minimum Gasteiger partial charge on any atom is -0.481 e. The Morgan fingerprint density at radius 1 is 1.29 bits per heavy atom. The Balaban J connectivity index is 2.37. The first kappa shape index (κ1) is 13.7. The van der Waals surface area contributed by atoms with Gasteiger partial charge in [-0.1, -0.05) is 44.5 Å². The molecule has 1 rings (SSSR count).